The minimum absolute atomic E-state index is 0.279. The molecule has 0 aromatic carbocycles. The maximum atomic E-state index is 5.85. The Morgan fingerprint density at radius 3 is 2.88 bits per heavy atom. The van der Waals surface area contributed by atoms with Gasteiger partial charge in [0, 0.05) is 12.1 Å². The monoisotopic (exact) mass is 453 g/mol. The number of nitrogens with zero attached hydrogens (tertiary/aromatic N) is 9. The maximum Gasteiger partial charge on any atom is 0.261 e. The molecule has 0 amide bonds. The van der Waals surface area contributed by atoms with E-state index in [1.165, 1.54) is 6.33 Å². The lowest BCUT2D eigenvalue weighted by Crippen LogP contribution is -2.03. The number of tetrazole rings is 1. The number of allylic oxidation sites excluding steroid dienone is 4. The van der Waals surface area contributed by atoms with Crippen LogP contribution < -0.4 is 0 Å². The molecule has 32 heavy (non-hydrogen) atoms. The molecule has 0 atom stereocenters. The number of ether oxygens (including phenoxy) is 1. The van der Waals surface area contributed by atoms with Gasteiger partial charge in [0.05, 0.1) is 35.5 Å². The van der Waals surface area contributed by atoms with Crippen molar-refractivity contribution in [2.75, 3.05) is 0 Å². The topological polar surface area (TPSA) is 122 Å². The standard InChI is InChI=1S/C20H20ClN9O2/c1-13(21)7-8-14(2)31-11-18-16(9-23-29(18)3)20-25-19(26-32-20)17-6-4-5-15(24-17)10-30-12-22-27-28-30/h4-9,12H,10-11H2,1-3H3/b13-7+,14-8+. The van der Waals surface area contributed by atoms with Crippen LogP contribution in [0.5, 0.6) is 0 Å². The summed E-state index contributed by atoms with van der Waals surface area (Å²) in [4.78, 5) is 9.09. The van der Waals surface area contributed by atoms with Gasteiger partial charge in [0.15, 0.2) is 0 Å². The fraction of sp³-hybridized carbons (Fsp3) is 0.250. The largest absolute Gasteiger partial charge is 0.492 e. The Hall–Kier alpha value is -3.86. The molecule has 4 aromatic rings. The molecule has 4 aromatic heterocycles. The second-order valence-electron chi connectivity index (χ2n) is 6.89. The lowest BCUT2D eigenvalue weighted by atomic mass is 10.2. The Balaban J connectivity index is 1.53. The van der Waals surface area contributed by atoms with E-state index in [1.807, 2.05) is 32.2 Å². The highest BCUT2D eigenvalue weighted by molar-refractivity contribution is 6.29. The van der Waals surface area contributed by atoms with Gasteiger partial charge < -0.3 is 9.26 Å². The van der Waals surface area contributed by atoms with Crippen molar-refractivity contribution in [3.05, 3.63) is 65.1 Å². The first kappa shape index (κ1) is 21.4. The van der Waals surface area contributed by atoms with E-state index in [1.54, 1.807) is 34.6 Å². The summed E-state index contributed by atoms with van der Waals surface area (Å²) >= 11 is 5.85. The summed E-state index contributed by atoms with van der Waals surface area (Å²) in [6, 6.07) is 5.55. The molecule has 0 spiro atoms. The van der Waals surface area contributed by atoms with E-state index in [0.717, 1.165) is 11.4 Å². The third-order valence-corrected chi connectivity index (χ3v) is 4.58. The molecule has 11 nitrogen and oxygen atoms in total. The van der Waals surface area contributed by atoms with Crippen LogP contribution in [0.4, 0.5) is 0 Å². The molecule has 0 radical (unpaired) electrons. The normalized spacial score (nSPS) is 12.4. The SMILES string of the molecule is C/C(Cl)=C\C=C(/C)OCc1c(-c2nc(-c3cccc(Cn4cnnn4)n3)no2)cnn1C. The smallest absolute Gasteiger partial charge is 0.261 e. The van der Waals surface area contributed by atoms with Crippen LogP contribution in [0.1, 0.15) is 25.2 Å². The molecule has 164 valence electrons. The number of rotatable bonds is 8. The third-order valence-electron chi connectivity index (χ3n) is 4.45. The van der Waals surface area contributed by atoms with E-state index >= 15 is 0 Å². The molecule has 0 N–H and O–H groups in total. The van der Waals surface area contributed by atoms with E-state index in [9.17, 15) is 0 Å². The van der Waals surface area contributed by atoms with Crippen molar-refractivity contribution < 1.29 is 9.26 Å². The third kappa shape index (κ3) is 5.06. The highest BCUT2D eigenvalue weighted by atomic mass is 35.5. The number of hydrogen-bond donors (Lipinski definition) is 0. The molecule has 0 aliphatic carbocycles. The molecule has 0 bridgehead atoms. The minimum atomic E-state index is 0.279. The number of pyridine rings is 1. The van der Waals surface area contributed by atoms with Crippen molar-refractivity contribution in [2.45, 2.75) is 27.0 Å². The van der Waals surface area contributed by atoms with Crippen LogP contribution in [-0.4, -0.2) is 45.1 Å². The molecule has 0 aliphatic heterocycles. The summed E-state index contributed by atoms with van der Waals surface area (Å²) in [6.45, 7) is 4.36. The van der Waals surface area contributed by atoms with Crippen molar-refractivity contribution in [2.24, 2.45) is 7.05 Å². The molecule has 0 unspecified atom stereocenters. The zero-order chi connectivity index (χ0) is 22.5. The van der Waals surface area contributed by atoms with E-state index in [2.05, 4.69) is 35.7 Å². The second-order valence-corrected chi connectivity index (χ2v) is 7.49. The molecule has 4 rings (SSSR count). The Kier molecular flexibility index (Phi) is 6.36. The van der Waals surface area contributed by atoms with Crippen LogP contribution in [0.15, 0.2) is 58.2 Å². The number of hydrogen-bond acceptors (Lipinski definition) is 9. The molecule has 0 fully saturated rings. The van der Waals surface area contributed by atoms with Gasteiger partial charge in [-0.3, -0.25) is 4.68 Å². The van der Waals surface area contributed by atoms with Crippen LogP contribution in [0.2, 0.25) is 0 Å². The highest BCUT2D eigenvalue weighted by Crippen LogP contribution is 2.25. The quantitative estimate of drug-likeness (QED) is 0.292. The lowest BCUT2D eigenvalue weighted by Gasteiger charge is -2.07. The first-order valence-corrected chi connectivity index (χ1v) is 10.0. The predicted octanol–water partition coefficient (Wildman–Crippen LogP) is 3.13. The van der Waals surface area contributed by atoms with Crippen LogP contribution in [0, 0.1) is 0 Å². The average molecular weight is 454 g/mol. The van der Waals surface area contributed by atoms with Gasteiger partial charge in [-0.1, -0.05) is 22.8 Å². The van der Waals surface area contributed by atoms with Gasteiger partial charge in [-0.2, -0.15) is 10.1 Å². The van der Waals surface area contributed by atoms with Gasteiger partial charge in [0.1, 0.15) is 18.6 Å². The number of aromatic nitrogens is 9. The fourth-order valence-electron chi connectivity index (χ4n) is 2.82. The van der Waals surface area contributed by atoms with Crippen molar-refractivity contribution in [3.63, 3.8) is 0 Å². The van der Waals surface area contributed by atoms with Gasteiger partial charge in [-0.05, 0) is 48.6 Å². The summed E-state index contributed by atoms with van der Waals surface area (Å²) in [5.41, 5.74) is 2.82. The van der Waals surface area contributed by atoms with E-state index in [-0.39, 0.29) is 6.61 Å². The minimum Gasteiger partial charge on any atom is -0.492 e. The van der Waals surface area contributed by atoms with Crippen LogP contribution in [0.25, 0.3) is 23.0 Å². The van der Waals surface area contributed by atoms with Crippen LogP contribution in [0.3, 0.4) is 0 Å². The molecule has 0 saturated heterocycles. The van der Waals surface area contributed by atoms with Crippen molar-refractivity contribution in [3.8, 4) is 23.0 Å². The Morgan fingerprint density at radius 1 is 1.22 bits per heavy atom. The summed E-state index contributed by atoms with van der Waals surface area (Å²) < 4.78 is 14.6. The average Bonchev–Trinajstić information content (AvgIpc) is 3.52. The van der Waals surface area contributed by atoms with E-state index in [4.69, 9.17) is 20.9 Å². The van der Waals surface area contributed by atoms with Crippen LogP contribution >= 0.6 is 11.6 Å². The zero-order valence-corrected chi connectivity index (χ0v) is 18.4. The molecule has 0 saturated carbocycles. The van der Waals surface area contributed by atoms with Crippen LogP contribution in [-0.2, 0) is 24.9 Å². The summed E-state index contributed by atoms with van der Waals surface area (Å²) in [5, 5.41) is 20.2. The van der Waals surface area contributed by atoms with Gasteiger partial charge in [-0.25, -0.2) is 9.67 Å². The summed E-state index contributed by atoms with van der Waals surface area (Å²) in [7, 11) is 1.82. The van der Waals surface area contributed by atoms with Gasteiger partial charge in [0.25, 0.3) is 5.89 Å². The van der Waals surface area contributed by atoms with Crippen molar-refractivity contribution in [1.82, 2.24) is 45.1 Å². The molecule has 0 aliphatic rings. The van der Waals surface area contributed by atoms with Gasteiger partial charge in [0.2, 0.25) is 5.82 Å². The summed E-state index contributed by atoms with van der Waals surface area (Å²) in [5.74, 6) is 1.41. The van der Waals surface area contributed by atoms with E-state index in [0.29, 0.717) is 40.3 Å². The fourth-order valence-corrected chi connectivity index (χ4v) is 2.89. The molecular weight excluding hydrogens is 434 g/mol. The number of halogens is 1. The highest BCUT2D eigenvalue weighted by Gasteiger charge is 2.19. The zero-order valence-electron chi connectivity index (χ0n) is 17.7. The summed E-state index contributed by atoms with van der Waals surface area (Å²) in [6.07, 6.45) is 6.76. The predicted molar refractivity (Wildman–Crippen MR) is 115 cm³/mol. The first-order valence-electron chi connectivity index (χ1n) is 9.65. The Bertz CT molecular complexity index is 1250. The van der Waals surface area contributed by atoms with Gasteiger partial charge >= 0.3 is 0 Å². The molecular formula is C20H20ClN9O2. The Labute approximate surface area is 188 Å². The van der Waals surface area contributed by atoms with Crippen molar-refractivity contribution in [1.29, 1.82) is 0 Å². The van der Waals surface area contributed by atoms with Crippen molar-refractivity contribution >= 4 is 11.6 Å². The van der Waals surface area contributed by atoms with Gasteiger partial charge in [-0.15, -0.1) is 5.10 Å². The second kappa shape index (κ2) is 9.52. The Morgan fingerprint density at radius 2 is 2.09 bits per heavy atom. The molecule has 12 heteroatoms. The number of aryl methyl sites for hydroxylation is 1. The lowest BCUT2D eigenvalue weighted by molar-refractivity contribution is 0.193. The maximum absolute atomic E-state index is 5.85. The van der Waals surface area contributed by atoms with E-state index < -0.39 is 0 Å². The first-order chi connectivity index (χ1) is 15.5. The molecule has 4 heterocycles.